The third kappa shape index (κ3) is 3.93. The normalized spacial score (nSPS) is 16.2. The molecule has 1 aliphatic heterocycles. The molecular weight excluding hydrogens is 327 g/mol. The molecule has 1 saturated heterocycles. The molecule has 1 amide bonds. The van der Waals surface area contributed by atoms with Gasteiger partial charge in [-0.15, -0.1) is 0 Å². The van der Waals surface area contributed by atoms with E-state index < -0.39 is 5.82 Å². The molecule has 6 heteroatoms. The molecule has 0 atom stereocenters. The lowest BCUT2D eigenvalue weighted by molar-refractivity contribution is -0.134. The van der Waals surface area contributed by atoms with Crippen LogP contribution in [0, 0.1) is 11.7 Å². The summed E-state index contributed by atoms with van der Waals surface area (Å²) in [5.41, 5.74) is 5.61. The number of rotatable bonds is 4. The second kappa shape index (κ2) is 7.04. The van der Waals surface area contributed by atoms with E-state index in [1.807, 2.05) is 0 Å². The Morgan fingerprint density at radius 1 is 1.45 bits per heavy atom. The van der Waals surface area contributed by atoms with Gasteiger partial charge in [-0.3, -0.25) is 4.79 Å². The minimum atomic E-state index is -0.478. The number of nitrogens with zero attached hydrogens (tertiary/aromatic N) is 1. The Morgan fingerprint density at radius 2 is 2.15 bits per heavy atom. The second-order valence-electron chi connectivity index (χ2n) is 4.92. The third-order valence-electron chi connectivity index (χ3n) is 3.55. The molecule has 0 aliphatic carbocycles. The molecule has 1 aromatic carbocycles. The quantitative estimate of drug-likeness (QED) is 0.910. The fourth-order valence-electron chi connectivity index (χ4n) is 2.24. The first-order valence-corrected chi connectivity index (χ1v) is 7.45. The van der Waals surface area contributed by atoms with E-state index in [9.17, 15) is 9.18 Å². The number of halogens is 2. The van der Waals surface area contributed by atoms with Crippen molar-refractivity contribution >= 4 is 21.8 Å². The number of piperidine rings is 1. The van der Waals surface area contributed by atoms with Crippen molar-refractivity contribution in [3.63, 3.8) is 0 Å². The zero-order chi connectivity index (χ0) is 14.5. The predicted molar refractivity (Wildman–Crippen MR) is 78.0 cm³/mol. The molecule has 0 bridgehead atoms. The van der Waals surface area contributed by atoms with Gasteiger partial charge in [-0.2, -0.15) is 0 Å². The van der Waals surface area contributed by atoms with Crippen LogP contribution < -0.4 is 10.5 Å². The summed E-state index contributed by atoms with van der Waals surface area (Å²) in [6.45, 7) is 1.94. The molecule has 1 fully saturated rings. The second-order valence-corrected chi connectivity index (χ2v) is 5.84. The average Bonchev–Trinajstić information content (AvgIpc) is 2.46. The number of likely N-dealkylation sites (tertiary alicyclic amines) is 1. The van der Waals surface area contributed by atoms with Gasteiger partial charge in [-0.1, -0.05) is 15.9 Å². The monoisotopic (exact) mass is 344 g/mol. The van der Waals surface area contributed by atoms with E-state index in [0.29, 0.717) is 30.0 Å². The summed E-state index contributed by atoms with van der Waals surface area (Å²) in [6.07, 6.45) is 1.85. The molecule has 0 unspecified atom stereocenters. The standard InChI is InChI=1S/C14H18BrFN2O2/c15-11-1-2-13(12(16)7-11)20-9-14(19)18-5-3-10(8-17)4-6-18/h1-2,7,10H,3-6,8-9,17H2. The Bertz CT molecular complexity index is 476. The molecule has 1 aromatic rings. The van der Waals surface area contributed by atoms with Crippen LogP contribution in [-0.2, 0) is 4.79 Å². The zero-order valence-electron chi connectivity index (χ0n) is 11.1. The number of carbonyl (C=O) groups excluding carboxylic acids is 1. The van der Waals surface area contributed by atoms with Gasteiger partial charge in [0, 0.05) is 17.6 Å². The number of nitrogens with two attached hydrogens (primary N) is 1. The number of hydrogen-bond donors (Lipinski definition) is 1. The topological polar surface area (TPSA) is 55.6 Å². The Morgan fingerprint density at radius 3 is 2.75 bits per heavy atom. The zero-order valence-corrected chi connectivity index (χ0v) is 12.7. The van der Waals surface area contributed by atoms with Crippen molar-refractivity contribution in [3.05, 3.63) is 28.5 Å². The minimum absolute atomic E-state index is 0.0957. The van der Waals surface area contributed by atoms with Gasteiger partial charge in [-0.05, 0) is 43.5 Å². The van der Waals surface area contributed by atoms with E-state index >= 15 is 0 Å². The summed E-state index contributed by atoms with van der Waals surface area (Å²) < 4.78 is 19.4. The average molecular weight is 345 g/mol. The highest BCUT2D eigenvalue weighted by molar-refractivity contribution is 9.10. The smallest absolute Gasteiger partial charge is 0.260 e. The molecule has 2 rings (SSSR count). The van der Waals surface area contributed by atoms with Crippen LogP contribution in [0.3, 0.4) is 0 Å². The van der Waals surface area contributed by atoms with Gasteiger partial charge in [0.1, 0.15) is 0 Å². The molecule has 0 spiro atoms. The molecule has 1 aliphatic rings. The summed E-state index contributed by atoms with van der Waals surface area (Å²) in [7, 11) is 0. The Kier molecular flexibility index (Phi) is 5.37. The number of hydrogen-bond acceptors (Lipinski definition) is 3. The van der Waals surface area contributed by atoms with Crippen LogP contribution in [0.1, 0.15) is 12.8 Å². The van der Waals surface area contributed by atoms with Crippen LogP contribution >= 0.6 is 15.9 Å². The number of ether oxygens (including phenoxy) is 1. The van der Waals surface area contributed by atoms with Crippen LogP contribution in [0.5, 0.6) is 5.75 Å². The van der Waals surface area contributed by atoms with Crippen molar-refractivity contribution in [1.29, 1.82) is 0 Å². The first-order valence-electron chi connectivity index (χ1n) is 6.66. The first kappa shape index (κ1) is 15.3. The minimum Gasteiger partial charge on any atom is -0.481 e. The first-order chi connectivity index (χ1) is 9.60. The van der Waals surface area contributed by atoms with Crippen molar-refractivity contribution < 1.29 is 13.9 Å². The fraction of sp³-hybridized carbons (Fsp3) is 0.500. The van der Waals surface area contributed by atoms with Gasteiger partial charge in [0.2, 0.25) is 0 Å². The maximum Gasteiger partial charge on any atom is 0.260 e. The van der Waals surface area contributed by atoms with Crippen LogP contribution in [0.4, 0.5) is 4.39 Å². The van der Waals surface area contributed by atoms with E-state index in [2.05, 4.69) is 15.9 Å². The molecule has 0 radical (unpaired) electrons. The third-order valence-corrected chi connectivity index (χ3v) is 4.04. The lowest BCUT2D eigenvalue weighted by atomic mass is 9.97. The van der Waals surface area contributed by atoms with E-state index in [-0.39, 0.29) is 18.3 Å². The van der Waals surface area contributed by atoms with Gasteiger partial charge < -0.3 is 15.4 Å². The van der Waals surface area contributed by atoms with Crippen LogP contribution in [0.15, 0.2) is 22.7 Å². The van der Waals surface area contributed by atoms with E-state index in [0.717, 1.165) is 12.8 Å². The summed E-state index contributed by atoms with van der Waals surface area (Å²) in [5.74, 6) is 0.0130. The number of carbonyl (C=O) groups is 1. The fourth-order valence-corrected chi connectivity index (χ4v) is 2.57. The Balaban J connectivity index is 1.83. The summed E-state index contributed by atoms with van der Waals surface area (Å²) >= 11 is 3.17. The maximum absolute atomic E-state index is 13.5. The summed E-state index contributed by atoms with van der Waals surface area (Å²) in [5, 5.41) is 0. The lowest BCUT2D eigenvalue weighted by Crippen LogP contribution is -2.42. The highest BCUT2D eigenvalue weighted by Crippen LogP contribution is 2.22. The molecular formula is C14H18BrFN2O2. The molecule has 2 N–H and O–H groups in total. The van der Waals surface area contributed by atoms with Crippen molar-refractivity contribution in [2.75, 3.05) is 26.2 Å². The number of benzene rings is 1. The molecule has 20 heavy (non-hydrogen) atoms. The van der Waals surface area contributed by atoms with E-state index in [1.165, 1.54) is 12.1 Å². The number of amides is 1. The Labute approximate surface area is 126 Å². The molecule has 1 heterocycles. The van der Waals surface area contributed by atoms with E-state index in [1.54, 1.807) is 11.0 Å². The lowest BCUT2D eigenvalue weighted by Gasteiger charge is -2.31. The molecule has 0 aromatic heterocycles. The molecule has 4 nitrogen and oxygen atoms in total. The summed E-state index contributed by atoms with van der Waals surface area (Å²) in [6, 6.07) is 4.50. The van der Waals surface area contributed by atoms with Crippen molar-refractivity contribution in [2.45, 2.75) is 12.8 Å². The van der Waals surface area contributed by atoms with Crippen molar-refractivity contribution in [2.24, 2.45) is 11.7 Å². The maximum atomic E-state index is 13.5. The van der Waals surface area contributed by atoms with Gasteiger partial charge >= 0.3 is 0 Å². The Hall–Kier alpha value is -1.14. The van der Waals surface area contributed by atoms with Gasteiger partial charge in [0.05, 0.1) is 0 Å². The van der Waals surface area contributed by atoms with Crippen LogP contribution in [0.2, 0.25) is 0 Å². The highest BCUT2D eigenvalue weighted by atomic mass is 79.9. The summed E-state index contributed by atoms with van der Waals surface area (Å²) in [4.78, 5) is 13.7. The van der Waals surface area contributed by atoms with Crippen molar-refractivity contribution in [3.8, 4) is 5.75 Å². The molecule has 0 saturated carbocycles. The largest absolute Gasteiger partial charge is 0.481 e. The highest BCUT2D eigenvalue weighted by Gasteiger charge is 2.22. The van der Waals surface area contributed by atoms with E-state index in [4.69, 9.17) is 10.5 Å². The van der Waals surface area contributed by atoms with Crippen LogP contribution in [-0.4, -0.2) is 37.0 Å². The predicted octanol–water partition coefficient (Wildman–Crippen LogP) is 2.16. The van der Waals surface area contributed by atoms with Gasteiger partial charge in [-0.25, -0.2) is 4.39 Å². The molecule has 110 valence electrons. The van der Waals surface area contributed by atoms with Crippen LogP contribution in [0.25, 0.3) is 0 Å². The van der Waals surface area contributed by atoms with Gasteiger partial charge in [0.25, 0.3) is 5.91 Å². The van der Waals surface area contributed by atoms with Gasteiger partial charge in [0.15, 0.2) is 18.2 Å². The van der Waals surface area contributed by atoms with Crippen molar-refractivity contribution in [1.82, 2.24) is 4.90 Å². The SMILES string of the molecule is NCC1CCN(C(=O)COc2ccc(Br)cc2F)CC1.